The topological polar surface area (TPSA) is 71.5 Å². The Labute approximate surface area is 173 Å². The number of methoxy groups -OCH3 is 1. The Morgan fingerprint density at radius 1 is 1.23 bits per heavy atom. The van der Waals surface area contributed by atoms with Crippen LogP contribution in [-0.2, 0) is 9.59 Å². The monoisotopic (exact) mass is 407 g/mol. The molecule has 0 saturated carbocycles. The second kappa shape index (κ2) is 8.10. The maximum Gasteiger partial charge on any atom is 0.229 e. The van der Waals surface area contributed by atoms with Gasteiger partial charge < -0.3 is 15.0 Å². The molecule has 1 aliphatic heterocycles. The number of hydrogen-bond donors (Lipinski definition) is 1. The molecule has 30 heavy (non-hydrogen) atoms. The molecule has 2 unspecified atom stereocenters. The number of likely N-dealkylation sites (tertiary alicyclic amines) is 1. The van der Waals surface area contributed by atoms with Crippen LogP contribution in [0.15, 0.2) is 54.7 Å². The van der Waals surface area contributed by atoms with Crippen molar-refractivity contribution >= 4 is 28.4 Å². The van der Waals surface area contributed by atoms with Gasteiger partial charge in [-0.1, -0.05) is 12.1 Å². The van der Waals surface area contributed by atoms with Crippen molar-refractivity contribution in [3.05, 3.63) is 66.1 Å². The number of halogens is 1. The van der Waals surface area contributed by atoms with Crippen LogP contribution >= 0.6 is 0 Å². The molecule has 3 aromatic rings. The number of ether oxygens (including phenoxy) is 1. The predicted molar refractivity (Wildman–Crippen MR) is 112 cm³/mol. The minimum absolute atomic E-state index is 0.0605. The third kappa shape index (κ3) is 3.83. The standard InChI is InChI=1S/C23H22FN3O3/c1-27-21(28)9-8-19(22(27)15-4-3-5-16(24)10-15)23(29)26-17-11-14-6-7-18(30-2)12-20(14)25-13-17/h3-7,10-13,19,22H,8-9H2,1-2H3,(H,26,29). The summed E-state index contributed by atoms with van der Waals surface area (Å²) in [5, 5.41) is 3.78. The Hall–Kier alpha value is -3.48. The van der Waals surface area contributed by atoms with Crippen LogP contribution in [-0.4, -0.2) is 35.9 Å². The molecular weight excluding hydrogens is 385 g/mol. The maximum absolute atomic E-state index is 13.8. The molecule has 2 atom stereocenters. The summed E-state index contributed by atoms with van der Waals surface area (Å²) < 4.78 is 19.0. The molecule has 1 aromatic heterocycles. The van der Waals surface area contributed by atoms with Crippen LogP contribution in [0, 0.1) is 11.7 Å². The highest BCUT2D eigenvalue weighted by molar-refractivity contribution is 5.96. The molecule has 1 aliphatic rings. The second-order valence-electron chi connectivity index (χ2n) is 7.42. The molecule has 0 spiro atoms. The molecule has 0 radical (unpaired) electrons. The average Bonchev–Trinajstić information content (AvgIpc) is 2.75. The first-order valence-electron chi connectivity index (χ1n) is 9.72. The summed E-state index contributed by atoms with van der Waals surface area (Å²) in [6.45, 7) is 0. The number of anilines is 1. The van der Waals surface area contributed by atoms with Gasteiger partial charge in [0, 0.05) is 24.9 Å². The molecule has 6 nitrogen and oxygen atoms in total. The molecule has 1 N–H and O–H groups in total. The zero-order valence-corrected chi connectivity index (χ0v) is 16.8. The summed E-state index contributed by atoms with van der Waals surface area (Å²) in [6, 6.07) is 12.9. The predicted octanol–water partition coefficient (Wildman–Crippen LogP) is 3.93. The fourth-order valence-electron chi connectivity index (χ4n) is 3.99. The number of amides is 2. The molecular formula is C23H22FN3O3. The number of fused-ring (bicyclic) bond motifs is 1. The van der Waals surface area contributed by atoms with Gasteiger partial charge in [-0.2, -0.15) is 0 Å². The van der Waals surface area contributed by atoms with Gasteiger partial charge in [-0.15, -0.1) is 0 Å². The van der Waals surface area contributed by atoms with Gasteiger partial charge in [-0.3, -0.25) is 14.6 Å². The van der Waals surface area contributed by atoms with Crippen molar-refractivity contribution in [2.45, 2.75) is 18.9 Å². The average molecular weight is 407 g/mol. The third-order valence-corrected chi connectivity index (χ3v) is 5.55. The first kappa shape index (κ1) is 19.8. The number of benzene rings is 2. The van der Waals surface area contributed by atoms with Crippen LogP contribution in [0.1, 0.15) is 24.4 Å². The number of carbonyl (C=O) groups is 2. The van der Waals surface area contributed by atoms with Crippen molar-refractivity contribution < 1.29 is 18.7 Å². The number of piperidine rings is 1. The van der Waals surface area contributed by atoms with E-state index in [0.29, 0.717) is 23.4 Å². The molecule has 0 bridgehead atoms. The van der Waals surface area contributed by atoms with E-state index in [-0.39, 0.29) is 18.2 Å². The van der Waals surface area contributed by atoms with Crippen LogP contribution < -0.4 is 10.1 Å². The molecule has 1 fully saturated rings. The van der Waals surface area contributed by atoms with E-state index in [1.54, 1.807) is 32.5 Å². The molecule has 7 heteroatoms. The first-order valence-corrected chi connectivity index (χ1v) is 9.72. The van der Waals surface area contributed by atoms with Crippen molar-refractivity contribution in [2.75, 3.05) is 19.5 Å². The highest BCUT2D eigenvalue weighted by Gasteiger charge is 2.39. The van der Waals surface area contributed by atoms with Crippen LogP contribution in [0.3, 0.4) is 0 Å². The van der Waals surface area contributed by atoms with Gasteiger partial charge >= 0.3 is 0 Å². The minimum Gasteiger partial charge on any atom is -0.497 e. The van der Waals surface area contributed by atoms with Crippen molar-refractivity contribution in [2.24, 2.45) is 5.92 Å². The van der Waals surface area contributed by atoms with E-state index in [9.17, 15) is 14.0 Å². The van der Waals surface area contributed by atoms with Crippen molar-refractivity contribution in [3.63, 3.8) is 0 Å². The summed E-state index contributed by atoms with van der Waals surface area (Å²) in [6.07, 6.45) is 2.26. The lowest BCUT2D eigenvalue weighted by atomic mass is 9.84. The Kier molecular flexibility index (Phi) is 5.35. The van der Waals surface area contributed by atoms with E-state index in [1.807, 2.05) is 24.3 Å². The molecule has 2 heterocycles. The molecule has 154 valence electrons. The normalized spacial score (nSPS) is 19.0. The van der Waals surface area contributed by atoms with E-state index in [2.05, 4.69) is 10.3 Å². The van der Waals surface area contributed by atoms with Gasteiger partial charge in [0.1, 0.15) is 11.6 Å². The summed E-state index contributed by atoms with van der Waals surface area (Å²) in [4.78, 5) is 31.3. The van der Waals surface area contributed by atoms with Crippen molar-refractivity contribution in [1.82, 2.24) is 9.88 Å². The SMILES string of the molecule is COc1ccc2cc(NC(=O)C3CCC(=O)N(C)C3c3cccc(F)c3)cnc2c1. The lowest BCUT2D eigenvalue weighted by Gasteiger charge is -2.38. The number of carbonyl (C=O) groups excluding carboxylic acids is 2. The van der Waals surface area contributed by atoms with Crippen LogP contribution in [0.2, 0.25) is 0 Å². The third-order valence-electron chi connectivity index (χ3n) is 5.55. The second-order valence-corrected chi connectivity index (χ2v) is 7.42. The fraction of sp³-hybridized carbons (Fsp3) is 0.261. The number of rotatable bonds is 4. The highest BCUT2D eigenvalue weighted by Crippen LogP contribution is 2.36. The molecule has 4 rings (SSSR count). The first-order chi connectivity index (χ1) is 14.5. The number of nitrogens with one attached hydrogen (secondary N) is 1. The fourth-order valence-corrected chi connectivity index (χ4v) is 3.99. The van der Waals surface area contributed by atoms with Gasteiger partial charge in [0.05, 0.1) is 36.5 Å². The van der Waals surface area contributed by atoms with Crippen LogP contribution in [0.4, 0.5) is 10.1 Å². The number of aromatic nitrogens is 1. The Balaban J connectivity index is 1.60. The van der Waals surface area contributed by atoms with E-state index in [0.717, 1.165) is 10.9 Å². The molecule has 0 aliphatic carbocycles. The van der Waals surface area contributed by atoms with E-state index >= 15 is 0 Å². The Morgan fingerprint density at radius 2 is 2.07 bits per heavy atom. The van der Waals surface area contributed by atoms with Gasteiger partial charge in [-0.05, 0) is 42.3 Å². The number of hydrogen-bond acceptors (Lipinski definition) is 4. The van der Waals surface area contributed by atoms with Gasteiger partial charge in [-0.25, -0.2) is 4.39 Å². The summed E-state index contributed by atoms with van der Waals surface area (Å²) in [7, 11) is 3.25. The van der Waals surface area contributed by atoms with Crippen molar-refractivity contribution in [1.29, 1.82) is 0 Å². The van der Waals surface area contributed by atoms with Crippen LogP contribution in [0.25, 0.3) is 10.9 Å². The lowest BCUT2D eigenvalue weighted by Crippen LogP contribution is -2.44. The summed E-state index contributed by atoms with van der Waals surface area (Å²) in [5.41, 5.74) is 1.93. The Morgan fingerprint density at radius 3 is 2.83 bits per heavy atom. The molecule has 2 aromatic carbocycles. The van der Waals surface area contributed by atoms with Gasteiger partial charge in [0.15, 0.2) is 0 Å². The quantitative estimate of drug-likeness (QED) is 0.711. The van der Waals surface area contributed by atoms with Gasteiger partial charge in [0.25, 0.3) is 0 Å². The largest absolute Gasteiger partial charge is 0.497 e. The zero-order valence-electron chi connectivity index (χ0n) is 16.8. The summed E-state index contributed by atoms with van der Waals surface area (Å²) >= 11 is 0. The lowest BCUT2D eigenvalue weighted by molar-refractivity contribution is -0.140. The minimum atomic E-state index is -0.528. The summed E-state index contributed by atoms with van der Waals surface area (Å²) in [5.74, 6) is -0.471. The Bertz CT molecular complexity index is 1120. The van der Waals surface area contributed by atoms with Crippen molar-refractivity contribution in [3.8, 4) is 5.75 Å². The molecule has 1 saturated heterocycles. The van der Waals surface area contributed by atoms with Gasteiger partial charge in [0.2, 0.25) is 11.8 Å². The van der Waals surface area contributed by atoms with Crippen LogP contribution in [0.5, 0.6) is 5.75 Å². The smallest absolute Gasteiger partial charge is 0.229 e. The zero-order chi connectivity index (χ0) is 21.3. The molecule has 2 amide bonds. The van der Waals surface area contributed by atoms with E-state index in [1.165, 1.54) is 17.0 Å². The van der Waals surface area contributed by atoms with E-state index < -0.39 is 17.8 Å². The maximum atomic E-state index is 13.8. The number of nitrogens with zero attached hydrogens (tertiary/aromatic N) is 2. The number of pyridine rings is 1. The van der Waals surface area contributed by atoms with E-state index in [4.69, 9.17) is 4.74 Å². The highest BCUT2D eigenvalue weighted by atomic mass is 19.1.